The van der Waals surface area contributed by atoms with Crippen LogP contribution in [0, 0.1) is 3.57 Å². The van der Waals surface area contributed by atoms with E-state index in [9.17, 15) is 4.79 Å². The largest absolute Gasteiger partial charge is 0.488 e. The van der Waals surface area contributed by atoms with Gasteiger partial charge in [0.1, 0.15) is 5.75 Å². The van der Waals surface area contributed by atoms with E-state index in [2.05, 4.69) is 27.6 Å². The average Bonchev–Trinajstić information content (AvgIpc) is 2.48. The lowest BCUT2D eigenvalue weighted by molar-refractivity contribution is 0.0696. The summed E-state index contributed by atoms with van der Waals surface area (Å²) in [4.78, 5) is 15.2. The molecule has 1 N–H and O–H groups in total. The highest BCUT2D eigenvalue weighted by atomic mass is 127. The highest BCUT2D eigenvalue weighted by molar-refractivity contribution is 14.1. The van der Waals surface area contributed by atoms with Crippen molar-refractivity contribution in [2.24, 2.45) is 0 Å². The first-order valence-electron chi connectivity index (χ1n) is 6.40. The smallest absolute Gasteiger partial charge is 0.335 e. The second kappa shape index (κ2) is 7.26. The van der Waals surface area contributed by atoms with E-state index in [1.54, 1.807) is 24.4 Å². The van der Waals surface area contributed by atoms with Gasteiger partial charge in [-0.1, -0.05) is 6.92 Å². The fourth-order valence-corrected chi connectivity index (χ4v) is 2.04. The van der Waals surface area contributed by atoms with Crippen LogP contribution in [0.25, 0.3) is 0 Å². The normalized spacial score (nSPS) is 10.2. The third-order valence-corrected chi connectivity index (χ3v) is 3.47. The summed E-state index contributed by atoms with van der Waals surface area (Å²) in [5.74, 6) is 0.303. The van der Waals surface area contributed by atoms with E-state index in [-0.39, 0.29) is 5.56 Å². The number of carboxylic acids is 1. The Kier molecular flexibility index (Phi) is 5.38. The fraction of sp³-hybridized carbons (Fsp3) is 0.200. The predicted molar refractivity (Wildman–Crippen MR) is 86.2 cm³/mol. The molecule has 2 rings (SSSR count). The molecule has 21 heavy (non-hydrogen) atoms. The number of aromatic carboxylic acids is 1. The minimum absolute atomic E-state index is 0.164. The molecule has 0 aliphatic carbocycles. The van der Waals surface area contributed by atoms with Gasteiger partial charge in [-0.05, 0) is 59.3 Å². The molecule has 1 heterocycles. The van der Waals surface area contributed by atoms with E-state index in [4.69, 9.17) is 14.6 Å². The monoisotopic (exact) mass is 399 g/mol. The summed E-state index contributed by atoms with van der Waals surface area (Å²) in [6.45, 7) is 2.57. The van der Waals surface area contributed by atoms with Crippen molar-refractivity contribution in [2.45, 2.75) is 13.3 Å². The Balaban J connectivity index is 2.29. The van der Waals surface area contributed by atoms with Gasteiger partial charge in [-0.25, -0.2) is 9.78 Å². The minimum atomic E-state index is -1.00. The van der Waals surface area contributed by atoms with Crippen LogP contribution in [0.1, 0.15) is 23.7 Å². The second-order valence-electron chi connectivity index (χ2n) is 4.21. The first kappa shape index (κ1) is 15.6. The Labute approximate surface area is 136 Å². The maximum absolute atomic E-state index is 11.0. The molecule has 6 heteroatoms. The second-order valence-corrected chi connectivity index (χ2v) is 5.37. The highest BCUT2D eigenvalue weighted by Gasteiger charge is 2.12. The maximum atomic E-state index is 11.0. The highest BCUT2D eigenvalue weighted by Crippen LogP contribution is 2.32. The number of aromatic nitrogens is 1. The Bertz CT molecular complexity index is 645. The molecule has 0 saturated heterocycles. The Morgan fingerprint density at radius 3 is 2.86 bits per heavy atom. The van der Waals surface area contributed by atoms with Crippen molar-refractivity contribution >= 4 is 28.6 Å². The predicted octanol–water partition coefficient (Wildman–Crippen LogP) is 3.97. The van der Waals surface area contributed by atoms with Crippen molar-refractivity contribution in [2.75, 3.05) is 6.61 Å². The van der Waals surface area contributed by atoms with Gasteiger partial charge in [0, 0.05) is 6.20 Å². The van der Waals surface area contributed by atoms with Gasteiger partial charge >= 0.3 is 5.97 Å². The van der Waals surface area contributed by atoms with Crippen LogP contribution in [0.3, 0.4) is 0 Å². The molecule has 110 valence electrons. The number of pyridine rings is 1. The molecule has 0 bridgehead atoms. The molecule has 0 saturated carbocycles. The van der Waals surface area contributed by atoms with Crippen LogP contribution in [0.15, 0.2) is 36.5 Å². The molecular weight excluding hydrogens is 385 g/mol. The molecule has 2 aromatic rings. The standard InChI is InChI=1S/C15H14INO4/c1-2-8-20-12-4-3-7-17-14(12)21-13-9-10(15(18)19)5-6-11(13)16/h3-7,9H,2,8H2,1H3,(H,18,19). The fourth-order valence-electron chi connectivity index (χ4n) is 1.59. The van der Waals surface area contributed by atoms with Crippen molar-refractivity contribution in [1.82, 2.24) is 4.98 Å². The van der Waals surface area contributed by atoms with Crippen LogP contribution < -0.4 is 9.47 Å². The van der Waals surface area contributed by atoms with Crippen molar-refractivity contribution in [3.05, 3.63) is 45.7 Å². The zero-order valence-electron chi connectivity index (χ0n) is 11.4. The van der Waals surface area contributed by atoms with E-state index >= 15 is 0 Å². The van der Waals surface area contributed by atoms with Crippen molar-refractivity contribution in [1.29, 1.82) is 0 Å². The first-order chi connectivity index (χ1) is 10.1. The van der Waals surface area contributed by atoms with E-state index in [1.165, 1.54) is 12.1 Å². The molecule has 1 aromatic heterocycles. The Hall–Kier alpha value is -1.83. The molecule has 0 aliphatic heterocycles. The number of nitrogens with zero attached hydrogens (tertiary/aromatic N) is 1. The van der Waals surface area contributed by atoms with Crippen LogP contribution in [0.2, 0.25) is 0 Å². The SMILES string of the molecule is CCCOc1cccnc1Oc1cc(C(=O)O)ccc1I. The van der Waals surface area contributed by atoms with Gasteiger partial charge in [0.05, 0.1) is 15.7 Å². The third-order valence-electron chi connectivity index (χ3n) is 2.58. The average molecular weight is 399 g/mol. The molecule has 0 aliphatic rings. The summed E-state index contributed by atoms with van der Waals surface area (Å²) in [6, 6.07) is 8.23. The lowest BCUT2D eigenvalue weighted by Gasteiger charge is -2.12. The number of rotatable bonds is 6. The molecule has 0 unspecified atom stereocenters. The number of halogens is 1. The van der Waals surface area contributed by atoms with Crippen LogP contribution in [0.4, 0.5) is 0 Å². The molecule has 0 atom stereocenters. The summed E-state index contributed by atoms with van der Waals surface area (Å²) in [5, 5.41) is 9.04. The van der Waals surface area contributed by atoms with Gasteiger partial charge in [-0.3, -0.25) is 0 Å². The van der Waals surface area contributed by atoms with Crippen LogP contribution in [-0.2, 0) is 0 Å². The van der Waals surface area contributed by atoms with Gasteiger partial charge < -0.3 is 14.6 Å². The number of benzene rings is 1. The summed E-state index contributed by atoms with van der Waals surface area (Å²) < 4.78 is 12.1. The third kappa shape index (κ3) is 4.07. The zero-order chi connectivity index (χ0) is 15.2. The van der Waals surface area contributed by atoms with Crippen LogP contribution in [0.5, 0.6) is 17.4 Å². The Morgan fingerprint density at radius 2 is 2.14 bits per heavy atom. The zero-order valence-corrected chi connectivity index (χ0v) is 13.5. The minimum Gasteiger partial charge on any atom is -0.488 e. The van der Waals surface area contributed by atoms with Gasteiger partial charge in [0.25, 0.3) is 5.88 Å². The molecule has 0 amide bonds. The van der Waals surface area contributed by atoms with Crippen molar-refractivity contribution < 1.29 is 19.4 Å². The lowest BCUT2D eigenvalue weighted by atomic mass is 10.2. The quantitative estimate of drug-likeness (QED) is 0.745. The van der Waals surface area contributed by atoms with E-state index in [0.29, 0.717) is 24.0 Å². The first-order valence-corrected chi connectivity index (χ1v) is 7.48. The van der Waals surface area contributed by atoms with E-state index in [0.717, 1.165) is 9.99 Å². The van der Waals surface area contributed by atoms with Gasteiger partial charge in [0.2, 0.25) is 0 Å². The number of carbonyl (C=O) groups is 1. The number of hydrogen-bond donors (Lipinski definition) is 1. The number of hydrogen-bond acceptors (Lipinski definition) is 4. The van der Waals surface area contributed by atoms with Crippen LogP contribution >= 0.6 is 22.6 Å². The number of carboxylic acid groups (broad SMARTS) is 1. The summed E-state index contributed by atoms with van der Waals surface area (Å²) in [5.41, 5.74) is 0.164. The molecular formula is C15H14INO4. The van der Waals surface area contributed by atoms with Gasteiger partial charge in [0.15, 0.2) is 5.75 Å². The number of ether oxygens (including phenoxy) is 2. The van der Waals surface area contributed by atoms with Gasteiger partial charge in [-0.15, -0.1) is 0 Å². The molecule has 0 spiro atoms. The summed E-state index contributed by atoms with van der Waals surface area (Å²) in [7, 11) is 0. The van der Waals surface area contributed by atoms with Crippen molar-refractivity contribution in [3.8, 4) is 17.4 Å². The molecule has 0 radical (unpaired) electrons. The molecule has 0 fully saturated rings. The topological polar surface area (TPSA) is 68.7 Å². The molecule has 1 aromatic carbocycles. The Morgan fingerprint density at radius 1 is 1.33 bits per heavy atom. The van der Waals surface area contributed by atoms with Crippen molar-refractivity contribution in [3.63, 3.8) is 0 Å². The lowest BCUT2D eigenvalue weighted by Crippen LogP contribution is -2.01. The van der Waals surface area contributed by atoms with E-state index in [1.807, 2.05) is 6.92 Å². The maximum Gasteiger partial charge on any atom is 0.335 e. The molecule has 5 nitrogen and oxygen atoms in total. The summed E-state index contributed by atoms with van der Waals surface area (Å²) in [6.07, 6.45) is 2.47. The van der Waals surface area contributed by atoms with Crippen LogP contribution in [-0.4, -0.2) is 22.7 Å². The summed E-state index contributed by atoms with van der Waals surface area (Å²) >= 11 is 2.08. The van der Waals surface area contributed by atoms with E-state index < -0.39 is 5.97 Å². The van der Waals surface area contributed by atoms with Gasteiger partial charge in [-0.2, -0.15) is 0 Å².